The largest absolute Gasteiger partial charge is 0.474 e. The Bertz CT molecular complexity index is 850. The van der Waals surface area contributed by atoms with Gasteiger partial charge in [0.25, 0.3) is 0 Å². The molecule has 1 aliphatic carbocycles. The molecule has 1 saturated carbocycles. The highest BCUT2D eigenvalue weighted by atomic mass is 127. The zero-order valence-corrected chi connectivity index (χ0v) is 20.5. The Morgan fingerprint density at radius 2 is 2.10 bits per heavy atom. The van der Waals surface area contributed by atoms with Crippen LogP contribution in [0.4, 0.5) is 0 Å². The fourth-order valence-corrected chi connectivity index (χ4v) is 4.00. The van der Waals surface area contributed by atoms with Crippen LogP contribution in [0, 0.1) is 0 Å². The van der Waals surface area contributed by atoms with Crippen LogP contribution in [0.15, 0.2) is 23.3 Å². The van der Waals surface area contributed by atoms with Crippen molar-refractivity contribution < 1.29 is 9.47 Å². The zero-order valence-electron chi connectivity index (χ0n) is 18.2. The van der Waals surface area contributed by atoms with Crippen LogP contribution in [0.25, 0.3) is 0 Å². The van der Waals surface area contributed by atoms with Crippen molar-refractivity contribution in [2.24, 2.45) is 4.99 Å². The van der Waals surface area contributed by atoms with Crippen molar-refractivity contribution in [3.8, 4) is 5.88 Å². The van der Waals surface area contributed by atoms with E-state index in [0.29, 0.717) is 25.1 Å². The summed E-state index contributed by atoms with van der Waals surface area (Å²) in [5.74, 6) is 3.25. The van der Waals surface area contributed by atoms with Crippen LogP contribution in [0.2, 0.25) is 0 Å². The smallest absolute Gasteiger partial charge is 0.213 e. The maximum atomic E-state index is 5.93. The molecule has 31 heavy (non-hydrogen) atoms. The van der Waals surface area contributed by atoms with E-state index in [1.165, 1.54) is 12.8 Å². The van der Waals surface area contributed by atoms with Gasteiger partial charge in [-0.05, 0) is 37.7 Å². The molecule has 0 bridgehead atoms. The number of pyridine rings is 1. The molecule has 2 aliphatic rings. The first-order valence-corrected chi connectivity index (χ1v) is 10.7. The summed E-state index contributed by atoms with van der Waals surface area (Å²) in [6.45, 7) is 1.86. The molecule has 0 amide bonds. The molecule has 10 heteroatoms. The third-order valence-electron chi connectivity index (χ3n) is 5.59. The Morgan fingerprint density at radius 3 is 2.81 bits per heavy atom. The van der Waals surface area contributed by atoms with E-state index < -0.39 is 0 Å². The molecule has 2 aromatic heterocycles. The molecule has 0 saturated heterocycles. The van der Waals surface area contributed by atoms with Crippen LogP contribution in [0.3, 0.4) is 0 Å². The van der Waals surface area contributed by atoms with Gasteiger partial charge in [0.1, 0.15) is 18.5 Å². The quantitative estimate of drug-likeness (QED) is 0.316. The summed E-state index contributed by atoms with van der Waals surface area (Å²) in [4.78, 5) is 13.3. The van der Waals surface area contributed by atoms with Gasteiger partial charge >= 0.3 is 0 Å². The summed E-state index contributed by atoms with van der Waals surface area (Å²) in [5.41, 5.74) is 1.09. The number of hydrogen-bond donors (Lipinski definition) is 2. The Kier molecular flexibility index (Phi) is 8.88. The van der Waals surface area contributed by atoms with E-state index in [1.54, 1.807) is 14.2 Å². The highest BCUT2D eigenvalue weighted by Gasteiger charge is 2.22. The predicted octanol–water partition coefficient (Wildman–Crippen LogP) is 2.44. The molecular weight excluding hydrogens is 509 g/mol. The second kappa shape index (κ2) is 11.6. The average molecular weight is 541 g/mol. The first kappa shape index (κ1) is 23.7. The first-order chi connectivity index (χ1) is 14.7. The van der Waals surface area contributed by atoms with E-state index >= 15 is 0 Å². The van der Waals surface area contributed by atoms with Gasteiger partial charge in [-0.15, -0.1) is 24.0 Å². The monoisotopic (exact) mass is 541 g/mol. The standard InChI is InChI=1S/C21H31N7O2.HI/c1-22-21(25-16-8-9-19-26-18(14-29-2)27-28(19)13-16)24-12-15-7-10-20(23-11-15)30-17-5-3-4-6-17;/h7,10-11,16-17H,3-6,8-9,12-14H2,1-2H3,(H2,22,24,25);1H. The number of hydrogen-bond acceptors (Lipinski definition) is 6. The van der Waals surface area contributed by atoms with Crippen LogP contribution in [-0.4, -0.2) is 52.0 Å². The number of rotatable bonds is 7. The fourth-order valence-electron chi connectivity index (χ4n) is 4.00. The second-order valence-corrected chi connectivity index (χ2v) is 7.89. The lowest BCUT2D eigenvalue weighted by Gasteiger charge is -2.25. The van der Waals surface area contributed by atoms with E-state index in [9.17, 15) is 0 Å². The van der Waals surface area contributed by atoms with Gasteiger partial charge in [0.15, 0.2) is 11.8 Å². The number of guanidine groups is 1. The minimum absolute atomic E-state index is 0. The van der Waals surface area contributed by atoms with Crippen LogP contribution in [0.5, 0.6) is 5.88 Å². The molecule has 170 valence electrons. The molecule has 1 fully saturated rings. The molecule has 0 spiro atoms. The van der Waals surface area contributed by atoms with Gasteiger partial charge in [-0.1, -0.05) is 6.07 Å². The normalized spacial score (nSPS) is 18.9. The molecule has 1 unspecified atom stereocenters. The van der Waals surface area contributed by atoms with Crippen molar-refractivity contribution in [1.82, 2.24) is 30.4 Å². The van der Waals surface area contributed by atoms with Gasteiger partial charge in [-0.3, -0.25) is 4.99 Å². The number of fused-ring (bicyclic) bond motifs is 1. The maximum Gasteiger partial charge on any atom is 0.213 e. The Morgan fingerprint density at radius 1 is 1.26 bits per heavy atom. The number of aryl methyl sites for hydroxylation is 1. The Balaban J connectivity index is 0.00000272. The number of aliphatic imine (C=N–C) groups is 1. The number of nitrogens with one attached hydrogen (secondary N) is 2. The van der Waals surface area contributed by atoms with E-state index in [0.717, 1.165) is 55.4 Å². The molecule has 1 atom stereocenters. The van der Waals surface area contributed by atoms with Crippen molar-refractivity contribution in [3.05, 3.63) is 35.5 Å². The lowest BCUT2D eigenvalue weighted by Crippen LogP contribution is -2.46. The van der Waals surface area contributed by atoms with Gasteiger partial charge in [0.05, 0.1) is 6.54 Å². The fraction of sp³-hybridized carbons (Fsp3) is 0.619. The number of methoxy groups -OCH3 is 1. The molecule has 0 radical (unpaired) electrons. The predicted molar refractivity (Wildman–Crippen MR) is 129 cm³/mol. The van der Waals surface area contributed by atoms with E-state index in [2.05, 4.69) is 36.8 Å². The molecule has 2 aromatic rings. The summed E-state index contributed by atoms with van der Waals surface area (Å²) < 4.78 is 13.0. The Hall–Kier alpha value is -1.95. The van der Waals surface area contributed by atoms with Crippen LogP contribution in [-0.2, 0) is 30.9 Å². The number of ether oxygens (including phenoxy) is 2. The zero-order chi connectivity index (χ0) is 20.8. The molecule has 2 N–H and O–H groups in total. The van der Waals surface area contributed by atoms with Gasteiger partial charge in [-0.2, -0.15) is 5.10 Å². The highest BCUT2D eigenvalue weighted by Crippen LogP contribution is 2.22. The topological polar surface area (TPSA) is 98.5 Å². The number of aromatic nitrogens is 4. The van der Waals surface area contributed by atoms with Crippen molar-refractivity contribution in [3.63, 3.8) is 0 Å². The number of halogens is 1. The van der Waals surface area contributed by atoms with Crippen molar-refractivity contribution >= 4 is 29.9 Å². The minimum atomic E-state index is 0. The first-order valence-electron chi connectivity index (χ1n) is 10.7. The lowest BCUT2D eigenvalue weighted by molar-refractivity contribution is 0.177. The van der Waals surface area contributed by atoms with Crippen LogP contribution in [0.1, 0.15) is 49.3 Å². The van der Waals surface area contributed by atoms with Gasteiger partial charge in [0.2, 0.25) is 5.88 Å². The summed E-state index contributed by atoms with van der Waals surface area (Å²) in [6.07, 6.45) is 8.85. The molecule has 3 heterocycles. The van der Waals surface area contributed by atoms with Crippen molar-refractivity contribution in [1.29, 1.82) is 0 Å². The highest BCUT2D eigenvalue weighted by molar-refractivity contribution is 14.0. The van der Waals surface area contributed by atoms with Gasteiger partial charge in [-0.25, -0.2) is 14.6 Å². The molecule has 4 rings (SSSR count). The molecule has 1 aliphatic heterocycles. The summed E-state index contributed by atoms with van der Waals surface area (Å²) in [5, 5.41) is 11.4. The Labute approximate surface area is 200 Å². The minimum Gasteiger partial charge on any atom is -0.474 e. The number of nitrogens with zero attached hydrogens (tertiary/aromatic N) is 5. The van der Waals surface area contributed by atoms with Gasteiger partial charge < -0.3 is 20.1 Å². The molecule has 0 aromatic carbocycles. The maximum absolute atomic E-state index is 5.93. The summed E-state index contributed by atoms with van der Waals surface area (Å²) in [7, 11) is 3.44. The average Bonchev–Trinajstić information content (AvgIpc) is 3.41. The summed E-state index contributed by atoms with van der Waals surface area (Å²) >= 11 is 0. The lowest BCUT2D eigenvalue weighted by atomic mass is 10.1. The van der Waals surface area contributed by atoms with Crippen molar-refractivity contribution in [2.75, 3.05) is 14.2 Å². The molecular formula is C21H32IN7O2. The summed E-state index contributed by atoms with van der Waals surface area (Å²) in [6, 6.07) is 4.26. The third kappa shape index (κ3) is 6.52. The van der Waals surface area contributed by atoms with E-state index in [1.807, 2.05) is 16.9 Å². The van der Waals surface area contributed by atoms with E-state index in [-0.39, 0.29) is 30.0 Å². The van der Waals surface area contributed by atoms with E-state index in [4.69, 9.17) is 9.47 Å². The van der Waals surface area contributed by atoms with Gasteiger partial charge in [0, 0.05) is 45.4 Å². The van der Waals surface area contributed by atoms with Crippen LogP contribution >= 0.6 is 24.0 Å². The van der Waals surface area contributed by atoms with Crippen LogP contribution < -0.4 is 15.4 Å². The third-order valence-corrected chi connectivity index (χ3v) is 5.59. The SMILES string of the molecule is CN=C(NCc1ccc(OC2CCCC2)nc1)NC1CCc2nc(COC)nn2C1.I. The molecule has 9 nitrogen and oxygen atoms in total. The second-order valence-electron chi connectivity index (χ2n) is 7.89. The van der Waals surface area contributed by atoms with Crippen molar-refractivity contribution in [2.45, 2.75) is 70.4 Å².